The van der Waals surface area contributed by atoms with Gasteiger partial charge < -0.3 is 9.47 Å². The van der Waals surface area contributed by atoms with Crippen molar-refractivity contribution >= 4 is 11.9 Å². The van der Waals surface area contributed by atoms with E-state index < -0.39 is 0 Å². The number of rotatable bonds is 6. The van der Waals surface area contributed by atoms with Crippen molar-refractivity contribution < 1.29 is 19.1 Å². The summed E-state index contributed by atoms with van der Waals surface area (Å²) in [5, 5.41) is 0. The molecule has 0 unspecified atom stereocenters. The second-order valence-electron chi connectivity index (χ2n) is 12.8. The van der Waals surface area contributed by atoms with Crippen LogP contribution in [0.2, 0.25) is 0 Å². The lowest BCUT2D eigenvalue weighted by Gasteiger charge is -2.63. The first-order chi connectivity index (χ1) is 15.6. The number of hydrogen-bond donors (Lipinski definition) is 0. The van der Waals surface area contributed by atoms with Crippen molar-refractivity contribution in [2.45, 2.75) is 112 Å². The highest BCUT2D eigenvalue weighted by Crippen LogP contribution is 2.69. The first-order valence-electron chi connectivity index (χ1n) is 13.9. The molecule has 188 valence electrons. The van der Waals surface area contributed by atoms with E-state index in [1.807, 2.05) is 6.92 Å². The van der Waals surface area contributed by atoms with Crippen LogP contribution in [-0.2, 0) is 19.1 Å². The quantitative estimate of drug-likeness (QED) is 0.409. The zero-order valence-electron chi connectivity index (χ0n) is 22.0. The molecular weight excluding hydrogens is 412 g/mol. The van der Waals surface area contributed by atoms with Gasteiger partial charge in [0.25, 0.3) is 0 Å². The summed E-state index contributed by atoms with van der Waals surface area (Å²) in [6.07, 6.45) is 11.7. The molecular formula is C29H48O4. The van der Waals surface area contributed by atoms with Crippen LogP contribution in [0.1, 0.15) is 106 Å². The molecule has 4 rings (SSSR count). The molecule has 0 aromatic carbocycles. The zero-order chi connectivity index (χ0) is 24.0. The lowest BCUT2D eigenvalue weighted by molar-refractivity contribution is -0.191. The largest absolute Gasteiger partial charge is 0.466 e. The summed E-state index contributed by atoms with van der Waals surface area (Å²) in [5.41, 5.74) is 0.696. The van der Waals surface area contributed by atoms with E-state index in [0.717, 1.165) is 18.8 Å². The van der Waals surface area contributed by atoms with Crippen molar-refractivity contribution in [2.24, 2.45) is 52.3 Å². The van der Waals surface area contributed by atoms with Crippen LogP contribution in [0.15, 0.2) is 0 Å². The Morgan fingerprint density at radius 2 is 1.70 bits per heavy atom. The van der Waals surface area contributed by atoms with Gasteiger partial charge in [-0.2, -0.15) is 0 Å². The van der Waals surface area contributed by atoms with Gasteiger partial charge in [-0.05, 0) is 105 Å². The van der Waals surface area contributed by atoms with Crippen molar-refractivity contribution in [3.05, 3.63) is 0 Å². The number of carbonyl (C=O) groups is 2. The Balaban J connectivity index is 1.56. The maximum absolute atomic E-state index is 12.2. The van der Waals surface area contributed by atoms with E-state index in [2.05, 4.69) is 27.7 Å². The highest BCUT2D eigenvalue weighted by molar-refractivity contribution is 5.69. The van der Waals surface area contributed by atoms with Crippen LogP contribution in [0.4, 0.5) is 0 Å². The lowest BCUT2D eigenvalue weighted by atomic mass is 9.43. The molecule has 0 saturated heterocycles. The summed E-state index contributed by atoms with van der Waals surface area (Å²) < 4.78 is 11.3. The lowest BCUT2D eigenvalue weighted by Crippen LogP contribution is -2.59. The van der Waals surface area contributed by atoms with Crippen LogP contribution in [0, 0.1) is 52.3 Å². The molecule has 0 aromatic rings. The first-order valence-corrected chi connectivity index (χ1v) is 13.9. The van der Waals surface area contributed by atoms with Gasteiger partial charge in [0.15, 0.2) is 0 Å². The molecule has 33 heavy (non-hydrogen) atoms. The maximum atomic E-state index is 12.2. The minimum atomic E-state index is -0.101. The molecule has 0 N–H and O–H groups in total. The highest BCUT2D eigenvalue weighted by atomic mass is 16.5. The molecule has 4 fully saturated rings. The third-order valence-electron chi connectivity index (χ3n) is 11.1. The van der Waals surface area contributed by atoms with Gasteiger partial charge >= 0.3 is 11.9 Å². The van der Waals surface area contributed by atoms with E-state index in [1.165, 1.54) is 44.9 Å². The summed E-state index contributed by atoms with van der Waals surface area (Å²) in [4.78, 5) is 24.2. The van der Waals surface area contributed by atoms with Gasteiger partial charge in [0, 0.05) is 19.3 Å². The van der Waals surface area contributed by atoms with Gasteiger partial charge in [-0.1, -0.05) is 34.1 Å². The van der Waals surface area contributed by atoms with E-state index in [-0.39, 0.29) is 18.0 Å². The number of hydrogen-bond acceptors (Lipinski definition) is 4. The topological polar surface area (TPSA) is 52.6 Å². The molecule has 0 radical (unpaired) electrons. The predicted octanol–water partition coefficient (Wildman–Crippen LogP) is 6.80. The summed E-state index contributed by atoms with van der Waals surface area (Å²) in [5.74, 6) is 4.32. The molecule has 0 amide bonds. The molecule has 4 aliphatic carbocycles. The van der Waals surface area contributed by atoms with Crippen LogP contribution in [-0.4, -0.2) is 24.6 Å². The summed E-state index contributed by atoms with van der Waals surface area (Å²) >= 11 is 0. The fraction of sp³-hybridized carbons (Fsp3) is 0.931. The average Bonchev–Trinajstić information content (AvgIpc) is 3.10. The smallest absolute Gasteiger partial charge is 0.305 e. The van der Waals surface area contributed by atoms with Gasteiger partial charge in [0.05, 0.1) is 6.61 Å². The predicted molar refractivity (Wildman–Crippen MR) is 130 cm³/mol. The molecule has 4 aliphatic rings. The molecule has 0 heterocycles. The number of carbonyl (C=O) groups excluding carboxylic acids is 2. The Morgan fingerprint density at radius 1 is 1.00 bits per heavy atom. The Kier molecular flexibility index (Phi) is 7.23. The van der Waals surface area contributed by atoms with Crippen LogP contribution in [0.3, 0.4) is 0 Å². The second kappa shape index (κ2) is 9.53. The molecule has 0 aliphatic heterocycles. The van der Waals surface area contributed by atoms with Gasteiger partial charge in [-0.15, -0.1) is 0 Å². The third kappa shape index (κ3) is 4.49. The molecule has 4 saturated carbocycles. The van der Waals surface area contributed by atoms with Crippen molar-refractivity contribution in [1.29, 1.82) is 0 Å². The molecule has 0 bridgehead atoms. The molecule has 0 aromatic heterocycles. The van der Waals surface area contributed by atoms with Crippen LogP contribution in [0.5, 0.6) is 0 Å². The van der Waals surface area contributed by atoms with Gasteiger partial charge in [-0.3, -0.25) is 9.59 Å². The second-order valence-corrected chi connectivity index (χ2v) is 12.8. The average molecular weight is 461 g/mol. The SMILES string of the molecule is CCOC(=O)CC[C@@H](C)[C@H]1CC[C@H]2[C@@H]3[C@H](OC(C)=O)C[C@@H]4C[C@H](C)CC[C@]4(C)[C@H]3CC[C@]12C. The van der Waals surface area contributed by atoms with E-state index in [1.54, 1.807) is 6.92 Å². The Morgan fingerprint density at radius 3 is 2.39 bits per heavy atom. The fourth-order valence-electron chi connectivity index (χ4n) is 9.50. The Hall–Kier alpha value is -1.06. The molecule has 0 spiro atoms. The van der Waals surface area contributed by atoms with Crippen LogP contribution >= 0.6 is 0 Å². The maximum Gasteiger partial charge on any atom is 0.305 e. The fourth-order valence-corrected chi connectivity index (χ4v) is 9.50. The van der Waals surface area contributed by atoms with Crippen molar-refractivity contribution in [1.82, 2.24) is 0 Å². The van der Waals surface area contributed by atoms with Crippen molar-refractivity contribution in [3.63, 3.8) is 0 Å². The number of ether oxygens (including phenoxy) is 2. The minimum absolute atomic E-state index is 0.0551. The van der Waals surface area contributed by atoms with Gasteiger partial charge in [-0.25, -0.2) is 0 Å². The molecule has 4 nitrogen and oxygen atoms in total. The van der Waals surface area contributed by atoms with Crippen molar-refractivity contribution in [2.75, 3.05) is 6.61 Å². The van der Waals surface area contributed by atoms with E-state index in [9.17, 15) is 9.59 Å². The monoisotopic (exact) mass is 460 g/mol. The number of esters is 2. The normalized spacial score (nSPS) is 45.3. The van der Waals surface area contributed by atoms with Gasteiger partial charge in [0.2, 0.25) is 0 Å². The summed E-state index contributed by atoms with van der Waals surface area (Å²) in [7, 11) is 0. The zero-order valence-corrected chi connectivity index (χ0v) is 22.0. The summed E-state index contributed by atoms with van der Waals surface area (Å²) in [6, 6.07) is 0. The van der Waals surface area contributed by atoms with E-state index in [0.29, 0.717) is 59.4 Å². The minimum Gasteiger partial charge on any atom is -0.466 e. The Bertz CT molecular complexity index is 733. The Labute approximate surface area is 201 Å². The third-order valence-corrected chi connectivity index (χ3v) is 11.1. The van der Waals surface area contributed by atoms with Crippen molar-refractivity contribution in [3.8, 4) is 0 Å². The summed E-state index contributed by atoms with van der Waals surface area (Å²) in [6.45, 7) is 13.8. The molecule has 10 atom stereocenters. The van der Waals surface area contributed by atoms with E-state index >= 15 is 0 Å². The van der Waals surface area contributed by atoms with E-state index in [4.69, 9.17) is 9.47 Å². The number of fused-ring (bicyclic) bond motifs is 5. The molecule has 4 heteroatoms. The first kappa shape index (κ1) is 25.0. The highest BCUT2D eigenvalue weighted by Gasteiger charge is 2.63. The standard InChI is InChI=1S/C29H48O4/c1-7-32-26(31)11-8-19(3)22-9-10-23-27-24(13-15-29(22,23)6)28(5)14-12-18(2)16-21(28)17-25(27)33-20(4)30/h18-19,21-25,27H,7-17H2,1-6H3/t18-,19-,21+,22-,23+,24+,25-,27+,28+,29-/m1/s1. The van der Waals surface area contributed by atoms with Crippen LogP contribution < -0.4 is 0 Å². The van der Waals surface area contributed by atoms with Crippen LogP contribution in [0.25, 0.3) is 0 Å². The van der Waals surface area contributed by atoms with Gasteiger partial charge in [0.1, 0.15) is 6.10 Å².